The number of benzene rings is 1. The van der Waals surface area contributed by atoms with E-state index < -0.39 is 0 Å². The van der Waals surface area contributed by atoms with Crippen LogP contribution in [0.15, 0.2) is 18.2 Å². The van der Waals surface area contributed by atoms with Crippen molar-refractivity contribution in [3.8, 4) is 0 Å². The highest BCUT2D eigenvalue weighted by Crippen LogP contribution is 2.33. The average Bonchev–Trinajstić information content (AvgIpc) is 2.73. The van der Waals surface area contributed by atoms with Crippen molar-refractivity contribution in [3.63, 3.8) is 0 Å². The molecule has 19 heavy (non-hydrogen) atoms. The number of nitrogens with one attached hydrogen (secondary N) is 2. The molecule has 1 amide bonds. The molecular weight excluding hydrogens is 264 g/mol. The lowest BCUT2D eigenvalue weighted by Gasteiger charge is -2.23. The van der Waals surface area contributed by atoms with Crippen molar-refractivity contribution in [2.45, 2.75) is 18.9 Å². The zero-order chi connectivity index (χ0) is 13.2. The zero-order valence-corrected chi connectivity index (χ0v) is 11.4. The van der Waals surface area contributed by atoms with E-state index in [9.17, 15) is 4.79 Å². The third-order valence-corrected chi connectivity index (χ3v) is 3.95. The van der Waals surface area contributed by atoms with E-state index in [2.05, 4.69) is 10.6 Å². The average molecular weight is 281 g/mol. The van der Waals surface area contributed by atoms with Crippen molar-refractivity contribution in [2.75, 3.05) is 25.1 Å². The number of carbonyl (C=O) groups excluding carboxylic acids is 1. The second kappa shape index (κ2) is 5.49. The molecule has 1 aromatic carbocycles. The molecule has 0 aromatic heterocycles. The molecule has 2 N–H and O–H groups in total. The van der Waals surface area contributed by atoms with Crippen LogP contribution < -0.4 is 10.6 Å². The summed E-state index contributed by atoms with van der Waals surface area (Å²) in [5, 5.41) is 6.86. The van der Waals surface area contributed by atoms with Gasteiger partial charge in [-0.2, -0.15) is 0 Å². The summed E-state index contributed by atoms with van der Waals surface area (Å²) >= 11 is 6.00. The number of amides is 1. The first-order valence-electron chi connectivity index (χ1n) is 6.65. The fraction of sp³-hybridized carbons (Fsp3) is 0.500. The number of hydrogen-bond donors (Lipinski definition) is 2. The molecule has 2 aliphatic heterocycles. The Morgan fingerprint density at radius 3 is 3.16 bits per heavy atom. The molecule has 1 aromatic rings. The predicted molar refractivity (Wildman–Crippen MR) is 74.4 cm³/mol. The maximum atomic E-state index is 12.0. The zero-order valence-electron chi connectivity index (χ0n) is 10.6. The van der Waals surface area contributed by atoms with Crippen LogP contribution >= 0.6 is 11.6 Å². The van der Waals surface area contributed by atoms with Crippen LogP contribution in [0.25, 0.3) is 0 Å². The summed E-state index contributed by atoms with van der Waals surface area (Å²) in [5.74, 6) is 0.485. The van der Waals surface area contributed by atoms with Gasteiger partial charge in [-0.3, -0.25) is 4.79 Å². The molecular formula is C14H17ClN2O2. The lowest BCUT2D eigenvalue weighted by molar-refractivity contribution is -0.117. The number of carbonyl (C=O) groups is 1. The van der Waals surface area contributed by atoms with E-state index >= 15 is 0 Å². The summed E-state index contributed by atoms with van der Waals surface area (Å²) in [5.41, 5.74) is 1.79. The van der Waals surface area contributed by atoms with Gasteiger partial charge in [0.05, 0.1) is 6.61 Å². The lowest BCUT2D eigenvalue weighted by Crippen LogP contribution is -2.34. The molecule has 3 rings (SSSR count). The van der Waals surface area contributed by atoms with E-state index in [1.165, 1.54) is 0 Å². The molecule has 5 heteroatoms. The minimum atomic E-state index is -0.296. The molecule has 0 aliphatic carbocycles. The van der Waals surface area contributed by atoms with Gasteiger partial charge in [0.15, 0.2) is 0 Å². The van der Waals surface area contributed by atoms with E-state index in [-0.39, 0.29) is 11.9 Å². The standard InChI is InChI=1S/C14H17ClN2O2/c15-10-3-4-12-11(6-10)13(14(18)17-12)16-7-9-2-1-5-19-8-9/h3-4,6,9,13,16H,1-2,5,7-8H2,(H,17,18). The number of anilines is 1. The van der Waals surface area contributed by atoms with Gasteiger partial charge in [-0.15, -0.1) is 0 Å². The van der Waals surface area contributed by atoms with Crippen LogP contribution in [0.3, 0.4) is 0 Å². The number of halogens is 1. The minimum absolute atomic E-state index is 0.00556. The third-order valence-electron chi connectivity index (χ3n) is 3.71. The summed E-state index contributed by atoms with van der Waals surface area (Å²) in [6.45, 7) is 2.44. The lowest BCUT2D eigenvalue weighted by atomic mass is 10.0. The molecule has 2 atom stereocenters. The number of rotatable bonds is 3. The highest BCUT2D eigenvalue weighted by molar-refractivity contribution is 6.31. The van der Waals surface area contributed by atoms with Crippen molar-refractivity contribution in [1.29, 1.82) is 0 Å². The molecule has 2 heterocycles. The Balaban J connectivity index is 1.67. The largest absolute Gasteiger partial charge is 0.381 e. The molecule has 0 radical (unpaired) electrons. The number of ether oxygens (including phenoxy) is 1. The molecule has 0 bridgehead atoms. The molecule has 4 nitrogen and oxygen atoms in total. The van der Waals surface area contributed by atoms with Crippen molar-refractivity contribution in [2.24, 2.45) is 5.92 Å². The van der Waals surface area contributed by atoms with Crippen LogP contribution in [0, 0.1) is 5.92 Å². The topological polar surface area (TPSA) is 50.4 Å². The highest BCUT2D eigenvalue weighted by atomic mass is 35.5. The van der Waals surface area contributed by atoms with Crippen LogP contribution in [0.2, 0.25) is 5.02 Å². The second-order valence-electron chi connectivity index (χ2n) is 5.15. The van der Waals surface area contributed by atoms with Gasteiger partial charge in [0, 0.05) is 29.4 Å². The van der Waals surface area contributed by atoms with Crippen molar-refractivity contribution < 1.29 is 9.53 Å². The van der Waals surface area contributed by atoms with Crippen LogP contribution in [0.1, 0.15) is 24.4 Å². The van der Waals surface area contributed by atoms with E-state index in [0.717, 1.165) is 43.9 Å². The Morgan fingerprint density at radius 2 is 2.37 bits per heavy atom. The van der Waals surface area contributed by atoms with Gasteiger partial charge >= 0.3 is 0 Å². The summed E-state index contributed by atoms with van der Waals surface area (Å²) in [6, 6.07) is 5.19. The Bertz CT molecular complexity index is 486. The summed E-state index contributed by atoms with van der Waals surface area (Å²) in [7, 11) is 0. The molecule has 0 spiro atoms. The van der Waals surface area contributed by atoms with Crippen molar-refractivity contribution in [3.05, 3.63) is 28.8 Å². The second-order valence-corrected chi connectivity index (χ2v) is 5.58. The SMILES string of the molecule is O=C1Nc2ccc(Cl)cc2C1NCC1CCCOC1. The van der Waals surface area contributed by atoms with Gasteiger partial charge in [0.1, 0.15) is 6.04 Å². The number of hydrogen-bond acceptors (Lipinski definition) is 3. The fourth-order valence-corrected chi connectivity index (χ4v) is 2.87. The van der Waals surface area contributed by atoms with E-state index in [0.29, 0.717) is 10.9 Å². The molecule has 2 aliphatic rings. The first-order valence-corrected chi connectivity index (χ1v) is 7.03. The molecule has 102 valence electrons. The van der Waals surface area contributed by atoms with E-state index in [4.69, 9.17) is 16.3 Å². The Kier molecular flexibility index (Phi) is 3.73. The van der Waals surface area contributed by atoms with E-state index in [1.807, 2.05) is 12.1 Å². The van der Waals surface area contributed by atoms with Gasteiger partial charge in [0.25, 0.3) is 0 Å². The van der Waals surface area contributed by atoms with Gasteiger partial charge in [0.2, 0.25) is 5.91 Å². The highest BCUT2D eigenvalue weighted by Gasteiger charge is 2.30. The van der Waals surface area contributed by atoms with Gasteiger partial charge in [-0.05, 0) is 37.0 Å². The molecule has 2 unspecified atom stereocenters. The third kappa shape index (κ3) is 2.76. The Hall–Kier alpha value is -1.10. The van der Waals surface area contributed by atoms with Gasteiger partial charge < -0.3 is 15.4 Å². The number of fused-ring (bicyclic) bond motifs is 1. The monoisotopic (exact) mass is 280 g/mol. The van der Waals surface area contributed by atoms with E-state index in [1.54, 1.807) is 6.07 Å². The Labute approximate surface area is 117 Å². The summed E-state index contributed by atoms with van der Waals surface area (Å²) in [4.78, 5) is 12.0. The molecule has 1 saturated heterocycles. The maximum absolute atomic E-state index is 12.0. The van der Waals surface area contributed by atoms with Crippen LogP contribution in [-0.2, 0) is 9.53 Å². The summed E-state index contributed by atoms with van der Waals surface area (Å²) < 4.78 is 5.45. The van der Waals surface area contributed by atoms with Crippen LogP contribution in [0.5, 0.6) is 0 Å². The van der Waals surface area contributed by atoms with Crippen LogP contribution in [0.4, 0.5) is 5.69 Å². The predicted octanol–water partition coefficient (Wildman–Crippen LogP) is 2.35. The first-order chi connectivity index (χ1) is 9.24. The quantitative estimate of drug-likeness (QED) is 0.894. The molecule has 0 saturated carbocycles. The van der Waals surface area contributed by atoms with Crippen molar-refractivity contribution in [1.82, 2.24) is 5.32 Å². The smallest absolute Gasteiger partial charge is 0.246 e. The maximum Gasteiger partial charge on any atom is 0.246 e. The Morgan fingerprint density at radius 1 is 1.47 bits per heavy atom. The normalized spacial score (nSPS) is 26.1. The first kappa shape index (κ1) is 12.9. The minimum Gasteiger partial charge on any atom is -0.381 e. The van der Waals surface area contributed by atoms with Crippen LogP contribution in [-0.4, -0.2) is 25.7 Å². The summed E-state index contributed by atoms with van der Waals surface area (Å²) in [6.07, 6.45) is 2.26. The van der Waals surface area contributed by atoms with Crippen molar-refractivity contribution >= 4 is 23.2 Å². The fourth-order valence-electron chi connectivity index (χ4n) is 2.69. The molecule has 1 fully saturated rings. The van der Waals surface area contributed by atoms with Gasteiger partial charge in [-0.25, -0.2) is 0 Å². The van der Waals surface area contributed by atoms with Gasteiger partial charge in [-0.1, -0.05) is 11.6 Å².